The second-order valence-corrected chi connectivity index (χ2v) is 11.0. The molecule has 1 amide bonds. The molecule has 3 heterocycles. The number of hydrogen-bond donors (Lipinski definition) is 1. The molecule has 166 valence electrons. The number of hydrogen-bond acceptors (Lipinski definition) is 7. The smallest absolute Gasteiger partial charge is 0.258 e. The Balaban J connectivity index is 1.23. The molecule has 0 fully saturated rings. The SMILES string of the molecule is Cc1cn2c(=O)cc(CSc3nc4ccc(NC(=O)CCc5ccccc5)cc4s3)nc2s1. The van der Waals surface area contributed by atoms with Crippen LogP contribution in [0.1, 0.15) is 22.6 Å². The van der Waals surface area contributed by atoms with Crippen molar-refractivity contribution in [3.05, 3.63) is 87.3 Å². The van der Waals surface area contributed by atoms with Gasteiger partial charge in [0.2, 0.25) is 5.91 Å². The number of thioether (sulfide) groups is 1. The highest BCUT2D eigenvalue weighted by atomic mass is 32.2. The number of carbonyl (C=O) groups is 1. The van der Waals surface area contributed by atoms with E-state index in [0.29, 0.717) is 23.6 Å². The van der Waals surface area contributed by atoms with Crippen LogP contribution in [0.5, 0.6) is 0 Å². The van der Waals surface area contributed by atoms with E-state index in [2.05, 4.69) is 15.3 Å². The number of fused-ring (bicyclic) bond motifs is 2. The molecule has 0 saturated carbocycles. The van der Waals surface area contributed by atoms with E-state index in [9.17, 15) is 9.59 Å². The van der Waals surface area contributed by atoms with Crippen molar-refractivity contribution in [2.75, 3.05) is 5.32 Å². The van der Waals surface area contributed by atoms with Crippen molar-refractivity contribution >= 4 is 61.2 Å². The Morgan fingerprint density at radius 1 is 1.09 bits per heavy atom. The van der Waals surface area contributed by atoms with E-state index in [1.807, 2.05) is 61.7 Å². The van der Waals surface area contributed by atoms with Gasteiger partial charge in [-0.25, -0.2) is 9.97 Å². The first-order valence-corrected chi connectivity index (χ1v) is 13.0. The van der Waals surface area contributed by atoms with Crippen molar-refractivity contribution in [1.82, 2.24) is 14.4 Å². The molecule has 1 N–H and O–H groups in total. The number of aryl methyl sites for hydroxylation is 2. The van der Waals surface area contributed by atoms with E-state index in [-0.39, 0.29) is 11.5 Å². The molecule has 0 bridgehead atoms. The van der Waals surface area contributed by atoms with Crippen molar-refractivity contribution in [3.8, 4) is 0 Å². The van der Waals surface area contributed by atoms with Crippen LogP contribution in [-0.4, -0.2) is 20.3 Å². The van der Waals surface area contributed by atoms with Gasteiger partial charge in [-0.15, -0.1) is 22.7 Å². The summed E-state index contributed by atoms with van der Waals surface area (Å²) < 4.78 is 3.50. The third-order valence-corrected chi connectivity index (χ3v) is 8.11. The summed E-state index contributed by atoms with van der Waals surface area (Å²) in [7, 11) is 0. The fourth-order valence-electron chi connectivity index (χ4n) is 3.44. The summed E-state index contributed by atoms with van der Waals surface area (Å²) in [5.74, 6) is 0.569. The zero-order chi connectivity index (χ0) is 22.8. The van der Waals surface area contributed by atoms with E-state index in [1.54, 1.807) is 33.6 Å². The van der Waals surface area contributed by atoms with Crippen molar-refractivity contribution in [3.63, 3.8) is 0 Å². The second-order valence-electron chi connectivity index (χ2n) is 7.56. The van der Waals surface area contributed by atoms with Gasteiger partial charge in [0.15, 0.2) is 9.30 Å². The van der Waals surface area contributed by atoms with Crippen LogP contribution >= 0.6 is 34.4 Å². The summed E-state index contributed by atoms with van der Waals surface area (Å²) >= 11 is 4.64. The quantitative estimate of drug-likeness (QED) is 0.302. The molecule has 0 unspecified atom stereocenters. The first-order chi connectivity index (χ1) is 16.0. The normalized spacial score (nSPS) is 11.3. The van der Waals surface area contributed by atoms with Crippen molar-refractivity contribution in [2.45, 2.75) is 29.9 Å². The van der Waals surface area contributed by atoms with Crippen molar-refractivity contribution < 1.29 is 4.79 Å². The zero-order valence-corrected chi connectivity index (χ0v) is 20.2. The van der Waals surface area contributed by atoms with E-state index in [1.165, 1.54) is 11.3 Å². The molecule has 9 heteroatoms. The topological polar surface area (TPSA) is 76.4 Å². The lowest BCUT2D eigenvalue weighted by atomic mass is 10.1. The summed E-state index contributed by atoms with van der Waals surface area (Å²) in [6.45, 7) is 1.97. The molecule has 0 aliphatic heterocycles. The zero-order valence-electron chi connectivity index (χ0n) is 17.8. The van der Waals surface area contributed by atoms with Crippen molar-refractivity contribution in [1.29, 1.82) is 0 Å². The largest absolute Gasteiger partial charge is 0.326 e. The van der Waals surface area contributed by atoms with E-state index >= 15 is 0 Å². The summed E-state index contributed by atoms with van der Waals surface area (Å²) in [6, 6.07) is 17.3. The molecule has 5 rings (SSSR count). The summed E-state index contributed by atoms with van der Waals surface area (Å²) in [4.78, 5) is 35.7. The van der Waals surface area contributed by atoms with Crippen LogP contribution in [0.4, 0.5) is 5.69 Å². The van der Waals surface area contributed by atoms with Crippen LogP contribution < -0.4 is 10.9 Å². The van der Waals surface area contributed by atoms with Gasteiger partial charge in [-0.1, -0.05) is 42.1 Å². The van der Waals surface area contributed by atoms with Gasteiger partial charge in [0.25, 0.3) is 5.56 Å². The van der Waals surface area contributed by atoms with Gasteiger partial charge in [0, 0.05) is 35.0 Å². The minimum Gasteiger partial charge on any atom is -0.326 e. The minimum absolute atomic E-state index is 0.00566. The maximum Gasteiger partial charge on any atom is 0.258 e. The van der Waals surface area contributed by atoms with Gasteiger partial charge < -0.3 is 5.32 Å². The van der Waals surface area contributed by atoms with Crippen LogP contribution in [0.3, 0.4) is 0 Å². The van der Waals surface area contributed by atoms with Gasteiger partial charge >= 0.3 is 0 Å². The first kappa shape index (κ1) is 21.8. The van der Waals surface area contributed by atoms with Crippen molar-refractivity contribution in [2.24, 2.45) is 0 Å². The number of aromatic nitrogens is 3. The Bertz CT molecular complexity index is 1510. The highest BCUT2D eigenvalue weighted by molar-refractivity contribution is 8.00. The van der Waals surface area contributed by atoms with Crippen LogP contribution in [0.15, 0.2) is 69.9 Å². The molecular formula is C24H20N4O2S3. The standard InChI is InChI=1S/C24H20N4O2S3/c1-15-13-28-22(30)12-18(26-23(28)32-15)14-31-24-27-19-9-8-17(11-20(19)33-24)25-21(29)10-7-16-5-3-2-4-6-16/h2-6,8-9,11-13H,7,10,14H2,1H3,(H,25,29). The number of nitrogens with zero attached hydrogens (tertiary/aromatic N) is 3. The maximum atomic E-state index is 12.3. The summed E-state index contributed by atoms with van der Waals surface area (Å²) in [5, 5.41) is 2.98. The summed E-state index contributed by atoms with van der Waals surface area (Å²) in [6.07, 6.45) is 2.97. The highest BCUT2D eigenvalue weighted by Crippen LogP contribution is 2.32. The summed E-state index contributed by atoms with van der Waals surface area (Å²) in [5.41, 5.74) is 3.50. The molecule has 0 spiro atoms. The van der Waals surface area contributed by atoms with Crippen LogP contribution in [0, 0.1) is 6.92 Å². The molecular weight excluding hydrogens is 472 g/mol. The fraction of sp³-hybridized carbons (Fsp3) is 0.167. The lowest BCUT2D eigenvalue weighted by molar-refractivity contribution is -0.116. The van der Waals surface area contributed by atoms with Crippen LogP contribution in [0.2, 0.25) is 0 Å². The van der Waals surface area contributed by atoms with Gasteiger partial charge in [-0.3, -0.25) is 14.0 Å². The van der Waals surface area contributed by atoms with Crippen LogP contribution in [0.25, 0.3) is 15.2 Å². The van der Waals surface area contributed by atoms with Gasteiger partial charge in [-0.2, -0.15) is 0 Å². The number of benzene rings is 2. The Labute approximate surface area is 202 Å². The fourth-order valence-corrected chi connectivity index (χ4v) is 6.29. The van der Waals surface area contributed by atoms with Gasteiger partial charge in [-0.05, 0) is 37.1 Å². The molecule has 0 atom stereocenters. The van der Waals surface area contributed by atoms with Gasteiger partial charge in [0.05, 0.1) is 15.9 Å². The predicted octanol–water partition coefficient (Wildman–Crippen LogP) is 5.54. The molecule has 0 radical (unpaired) electrons. The van der Waals surface area contributed by atoms with E-state index in [4.69, 9.17) is 0 Å². The predicted molar refractivity (Wildman–Crippen MR) is 137 cm³/mol. The second kappa shape index (κ2) is 9.46. The Kier molecular flexibility index (Phi) is 6.26. The number of anilines is 1. The molecule has 2 aromatic carbocycles. The number of rotatable bonds is 7. The molecule has 0 aliphatic carbocycles. The third kappa shape index (κ3) is 5.16. The van der Waals surface area contributed by atoms with Crippen LogP contribution in [-0.2, 0) is 17.0 Å². The molecule has 0 saturated heterocycles. The molecule has 0 aliphatic rings. The Morgan fingerprint density at radius 2 is 1.94 bits per heavy atom. The maximum absolute atomic E-state index is 12.3. The number of amides is 1. The minimum atomic E-state index is -0.0584. The number of thiazole rings is 2. The lowest BCUT2D eigenvalue weighted by Crippen LogP contribution is -2.12. The average molecular weight is 493 g/mol. The van der Waals surface area contributed by atoms with E-state index in [0.717, 1.165) is 36.4 Å². The Morgan fingerprint density at radius 3 is 2.79 bits per heavy atom. The highest BCUT2D eigenvalue weighted by Gasteiger charge is 2.10. The third-order valence-electron chi connectivity index (χ3n) is 5.02. The molecule has 33 heavy (non-hydrogen) atoms. The monoisotopic (exact) mass is 492 g/mol. The molecule has 5 aromatic rings. The first-order valence-electron chi connectivity index (χ1n) is 10.4. The molecule has 6 nitrogen and oxygen atoms in total. The molecule has 3 aromatic heterocycles. The number of carbonyl (C=O) groups excluding carboxylic acids is 1. The Hall–Kier alpha value is -3.01. The lowest BCUT2D eigenvalue weighted by Gasteiger charge is -2.05. The van der Waals surface area contributed by atoms with Gasteiger partial charge in [0.1, 0.15) is 0 Å². The number of nitrogens with one attached hydrogen (secondary N) is 1. The van der Waals surface area contributed by atoms with E-state index < -0.39 is 0 Å². The average Bonchev–Trinajstić information content (AvgIpc) is 3.39.